The van der Waals surface area contributed by atoms with Crippen LogP contribution in [0.3, 0.4) is 0 Å². The van der Waals surface area contributed by atoms with Gasteiger partial charge < -0.3 is 20.1 Å². The monoisotopic (exact) mass is 445 g/mol. The van der Waals surface area contributed by atoms with Gasteiger partial charge in [-0.1, -0.05) is 6.07 Å². The number of rotatable bonds is 9. The van der Waals surface area contributed by atoms with E-state index in [1.54, 1.807) is 26.0 Å². The van der Waals surface area contributed by atoms with Crippen LogP contribution in [0.1, 0.15) is 69.3 Å². The number of carbonyl (C=O) groups is 4. The van der Waals surface area contributed by atoms with Crippen molar-refractivity contribution in [2.75, 3.05) is 11.9 Å². The smallest absolute Gasteiger partial charge is 0.306 e. The maximum Gasteiger partial charge on any atom is 0.306 e. The predicted octanol–water partition coefficient (Wildman–Crippen LogP) is 2.30. The van der Waals surface area contributed by atoms with E-state index in [9.17, 15) is 19.2 Å². The van der Waals surface area contributed by atoms with E-state index in [0.29, 0.717) is 31.6 Å². The first-order chi connectivity index (χ1) is 14.9. The Kier molecular flexibility index (Phi) is 6.59. The Bertz CT molecular complexity index is 940. The molecular formula is C23H31N3O6. The number of piperidine rings is 1. The highest BCUT2D eigenvalue weighted by Gasteiger charge is 2.40. The number of carboxylic acid groups (broad SMARTS) is 1. The van der Waals surface area contributed by atoms with Crippen molar-refractivity contribution in [2.45, 2.75) is 77.1 Å². The van der Waals surface area contributed by atoms with Crippen molar-refractivity contribution in [1.82, 2.24) is 10.2 Å². The summed E-state index contributed by atoms with van der Waals surface area (Å²) in [5, 5.41) is 14.8. The van der Waals surface area contributed by atoms with Crippen LogP contribution in [0.2, 0.25) is 0 Å². The number of benzene rings is 1. The number of hydrogen-bond donors (Lipinski definition) is 3. The van der Waals surface area contributed by atoms with Crippen molar-refractivity contribution in [1.29, 1.82) is 0 Å². The normalized spacial score (nSPS) is 19.1. The zero-order valence-corrected chi connectivity index (χ0v) is 19.0. The number of anilines is 1. The Hall–Kier alpha value is -2.94. The molecular weight excluding hydrogens is 414 g/mol. The quantitative estimate of drug-likeness (QED) is 0.498. The van der Waals surface area contributed by atoms with Crippen LogP contribution in [-0.2, 0) is 25.7 Å². The highest BCUT2D eigenvalue weighted by molar-refractivity contribution is 6.06. The molecule has 3 N–H and O–H groups in total. The molecule has 0 aromatic heterocycles. The predicted molar refractivity (Wildman–Crippen MR) is 117 cm³/mol. The van der Waals surface area contributed by atoms with Crippen LogP contribution < -0.4 is 10.6 Å². The van der Waals surface area contributed by atoms with E-state index in [1.807, 2.05) is 19.9 Å². The van der Waals surface area contributed by atoms with Crippen LogP contribution in [0, 0.1) is 0 Å². The van der Waals surface area contributed by atoms with Gasteiger partial charge >= 0.3 is 5.97 Å². The van der Waals surface area contributed by atoms with Crippen molar-refractivity contribution in [2.24, 2.45) is 0 Å². The van der Waals surface area contributed by atoms with E-state index in [4.69, 9.17) is 9.84 Å². The van der Waals surface area contributed by atoms with E-state index in [1.165, 1.54) is 4.90 Å². The highest BCUT2D eigenvalue weighted by atomic mass is 16.5. The summed E-state index contributed by atoms with van der Waals surface area (Å²) in [6.07, 6.45) is 1.07. The second-order valence-electron chi connectivity index (χ2n) is 9.67. The molecule has 1 atom stereocenters. The molecule has 1 aromatic carbocycles. The fourth-order valence-corrected chi connectivity index (χ4v) is 4.13. The minimum absolute atomic E-state index is 0.0780. The van der Waals surface area contributed by atoms with Crippen LogP contribution in [0.5, 0.6) is 0 Å². The first kappa shape index (κ1) is 23.7. The van der Waals surface area contributed by atoms with Crippen molar-refractivity contribution in [3.05, 3.63) is 29.3 Å². The molecule has 2 aliphatic heterocycles. The third-order valence-electron chi connectivity index (χ3n) is 5.85. The summed E-state index contributed by atoms with van der Waals surface area (Å²) in [5.41, 5.74) is 1.03. The molecule has 32 heavy (non-hydrogen) atoms. The Morgan fingerprint density at radius 2 is 1.97 bits per heavy atom. The molecule has 1 fully saturated rings. The van der Waals surface area contributed by atoms with E-state index < -0.39 is 23.5 Å². The lowest BCUT2D eigenvalue weighted by molar-refractivity contribution is -0.144. The summed E-state index contributed by atoms with van der Waals surface area (Å²) in [4.78, 5) is 49.2. The van der Waals surface area contributed by atoms with Crippen LogP contribution in [0.15, 0.2) is 18.2 Å². The third kappa shape index (κ3) is 5.45. The van der Waals surface area contributed by atoms with Crippen molar-refractivity contribution >= 4 is 29.4 Å². The lowest BCUT2D eigenvalue weighted by atomic mass is 9.98. The minimum atomic E-state index is -0.905. The number of hydrogen-bond acceptors (Lipinski definition) is 6. The number of ether oxygens (including phenoxy) is 1. The molecule has 1 aromatic rings. The molecule has 0 radical (unpaired) electrons. The number of carbonyl (C=O) groups excluding carboxylic acids is 3. The fourth-order valence-electron chi connectivity index (χ4n) is 4.13. The van der Waals surface area contributed by atoms with Gasteiger partial charge in [-0.2, -0.15) is 0 Å². The molecule has 2 aliphatic rings. The standard InChI is InChI=1S/C23H31N3O6/c1-22(2,10-11-32-23(3,4)12-19(28)29)25-16-7-5-6-14-15(16)13-26(21(14)31)17-8-9-18(27)24-20(17)30/h5-7,17,25H,8-13H2,1-4H3,(H,28,29)(H,24,27,30). The van der Waals surface area contributed by atoms with Crippen molar-refractivity contribution < 1.29 is 29.0 Å². The van der Waals surface area contributed by atoms with Crippen LogP contribution in [0.25, 0.3) is 0 Å². The summed E-state index contributed by atoms with van der Waals surface area (Å²) in [6.45, 7) is 8.18. The van der Waals surface area contributed by atoms with Crippen molar-refractivity contribution in [3.8, 4) is 0 Å². The number of amides is 3. The van der Waals surface area contributed by atoms with Gasteiger partial charge in [0.25, 0.3) is 5.91 Å². The molecule has 0 aliphatic carbocycles. The molecule has 9 nitrogen and oxygen atoms in total. The third-order valence-corrected chi connectivity index (χ3v) is 5.85. The first-order valence-corrected chi connectivity index (χ1v) is 10.8. The second-order valence-corrected chi connectivity index (χ2v) is 9.67. The van der Waals surface area contributed by atoms with Gasteiger partial charge in [0, 0.05) is 41.9 Å². The first-order valence-electron chi connectivity index (χ1n) is 10.8. The molecule has 1 saturated heterocycles. The highest BCUT2D eigenvalue weighted by Crippen LogP contribution is 2.34. The molecule has 0 bridgehead atoms. The summed E-state index contributed by atoms with van der Waals surface area (Å²) >= 11 is 0. The van der Waals surface area contributed by atoms with E-state index in [-0.39, 0.29) is 30.2 Å². The largest absolute Gasteiger partial charge is 0.481 e. The summed E-state index contributed by atoms with van der Waals surface area (Å²) < 4.78 is 5.79. The number of aliphatic carboxylic acids is 1. The molecule has 174 valence electrons. The van der Waals surface area contributed by atoms with Gasteiger partial charge in [0.15, 0.2) is 0 Å². The molecule has 3 rings (SSSR count). The second kappa shape index (κ2) is 8.90. The van der Waals surface area contributed by atoms with Crippen molar-refractivity contribution in [3.63, 3.8) is 0 Å². The molecule has 0 saturated carbocycles. The van der Waals surface area contributed by atoms with Gasteiger partial charge in [-0.15, -0.1) is 0 Å². The number of imide groups is 1. The fraction of sp³-hybridized carbons (Fsp3) is 0.565. The maximum atomic E-state index is 13.0. The maximum absolute atomic E-state index is 13.0. The van der Waals surface area contributed by atoms with E-state index in [0.717, 1.165) is 11.3 Å². The van der Waals surface area contributed by atoms with E-state index in [2.05, 4.69) is 10.6 Å². The van der Waals surface area contributed by atoms with Gasteiger partial charge in [0.2, 0.25) is 11.8 Å². The zero-order chi connectivity index (χ0) is 23.7. The Labute approximate surface area is 187 Å². The molecule has 0 spiro atoms. The average Bonchev–Trinajstić information content (AvgIpc) is 2.98. The summed E-state index contributed by atoms with van der Waals surface area (Å²) in [7, 11) is 0. The number of nitrogens with zero attached hydrogens (tertiary/aromatic N) is 1. The summed E-state index contributed by atoms with van der Waals surface area (Å²) in [6, 6.07) is 4.80. The molecule has 2 heterocycles. The van der Waals surface area contributed by atoms with Gasteiger partial charge in [-0.05, 0) is 52.7 Å². The molecule has 3 amide bonds. The van der Waals surface area contributed by atoms with Crippen LogP contribution in [0.4, 0.5) is 5.69 Å². The lowest BCUT2D eigenvalue weighted by Crippen LogP contribution is -2.52. The molecule has 1 unspecified atom stereocenters. The number of fused-ring (bicyclic) bond motifs is 1. The molecule has 9 heteroatoms. The van der Waals surface area contributed by atoms with Crippen LogP contribution >= 0.6 is 0 Å². The van der Waals surface area contributed by atoms with Gasteiger partial charge in [0.05, 0.1) is 12.0 Å². The summed E-state index contributed by atoms with van der Waals surface area (Å²) in [5.74, 6) is -1.86. The van der Waals surface area contributed by atoms with Gasteiger partial charge in [-0.3, -0.25) is 24.5 Å². The Morgan fingerprint density at radius 3 is 2.62 bits per heavy atom. The Balaban J connectivity index is 1.67. The topological polar surface area (TPSA) is 125 Å². The number of nitrogens with one attached hydrogen (secondary N) is 2. The Morgan fingerprint density at radius 1 is 1.25 bits per heavy atom. The van der Waals surface area contributed by atoms with E-state index >= 15 is 0 Å². The van der Waals surface area contributed by atoms with Gasteiger partial charge in [-0.25, -0.2) is 0 Å². The average molecular weight is 446 g/mol. The number of carboxylic acids is 1. The van der Waals surface area contributed by atoms with Gasteiger partial charge in [0.1, 0.15) is 6.04 Å². The lowest BCUT2D eigenvalue weighted by Gasteiger charge is -2.31. The SMILES string of the molecule is CC(C)(CCOC(C)(C)CC(=O)O)Nc1cccc2c1CN(C1CCC(=O)NC1=O)C2=O. The van der Waals surface area contributed by atoms with Crippen LogP contribution in [-0.4, -0.2) is 57.5 Å². The zero-order valence-electron chi connectivity index (χ0n) is 19.0. The minimum Gasteiger partial charge on any atom is -0.481 e.